The maximum atomic E-state index is 13.3. The fourth-order valence-electron chi connectivity index (χ4n) is 3.60. The molecule has 5 atom stereocenters. The van der Waals surface area contributed by atoms with Crippen LogP contribution in [0.15, 0.2) is 29.3 Å². The van der Waals surface area contributed by atoms with E-state index in [0.29, 0.717) is 11.5 Å². The van der Waals surface area contributed by atoms with Gasteiger partial charge in [0.15, 0.2) is 12.2 Å². The highest BCUT2D eigenvalue weighted by Gasteiger charge is 2.52. The molecule has 1 heterocycles. The normalized spacial score (nSPS) is 23.6. The molecule has 1 aliphatic heterocycles. The first-order valence-electron chi connectivity index (χ1n) is 13.9. The number of aliphatic imine (C=N–C) groups is 1. The summed E-state index contributed by atoms with van der Waals surface area (Å²) in [6.07, 6.45) is -1.29. The van der Waals surface area contributed by atoms with Crippen molar-refractivity contribution in [3.63, 3.8) is 0 Å². The van der Waals surface area contributed by atoms with E-state index < -0.39 is 63.9 Å². The second kappa shape index (κ2) is 14.1. The van der Waals surface area contributed by atoms with Gasteiger partial charge in [0.25, 0.3) is 0 Å². The van der Waals surface area contributed by atoms with Crippen LogP contribution in [0.5, 0.6) is 5.75 Å². The van der Waals surface area contributed by atoms with Crippen molar-refractivity contribution >= 4 is 35.9 Å². The smallest absolute Gasteiger partial charge is 0.311 e. The molecule has 9 nitrogen and oxygen atoms in total. The second-order valence-corrected chi connectivity index (χ2v) is 14.5. The molecule has 1 fully saturated rings. The van der Waals surface area contributed by atoms with E-state index in [1.54, 1.807) is 75.6 Å². The number of hydrogen-bond acceptors (Lipinski definition) is 10. The molecule has 1 aliphatic rings. The van der Waals surface area contributed by atoms with E-state index in [0.717, 1.165) is 5.56 Å². The van der Waals surface area contributed by atoms with Gasteiger partial charge in [0.1, 0.15) is 29.9 Å². The van der Waals surface area contributed by atoms with Gasteiger partial charge in [-0.3, -0.25) is 19.4 Å². The van der Waals surface area contributed by atoms with Crippen LogP contribution in [0.3, 0.4) is 0 Å². The Hall–Kier alpha value is -2.59. The van der Waals surface area contributed by atoms with Crippen LogP contribution in [0.25, 0.3) is 0 Å². The van der Waals surface area contributed by atoms with Gasteiger partial charge in [-0.25, -0.2) is 0 Å². The summed E-state index contributed by atoms with van der Waals surface area (Å²) in [6, 6.07) is 6.63. The molecule has 0 N–H and O–H groups in total. The molecular formula is C31H47NO8S. The third-order valence-electron chi connectivity index (χ3n) is 6.16. The van der Waals surface area contributed by atoms with Crippen molar-refractivity contribution in [3.05, 3.63) is 29.8 Å². The Morgan fingerprint density at radius 3 is 1.83 bits per heavy atom. The molecule has 0 bridgehead atoms. The van der Waals surface area contributed by atoms with Gasteiger partial charge in [-0.05, 0) is 97.9 Å². The van der Waals surface area contributed by atoms with Gasteiger partial charge in [-0.2, -0.15) is 0 Å². The standard InChI is InChI=1S/C31H47NO8S/c1-12-41-25-22(32-17-19-13-15-20(36-11)16-14-19)24(40-28(35)31(8,9)10)23(39-27(34)30(5,6)7)21(38-25)18-37-26(33)29(2,3)4/h13-17,21-25H,12,18H2,1-11H3/t21-,22-,23-,24-,25+/m1/s1. The quantitative estimate of drug-likeness (QED) is 0.209. The molecule has 0 spiro atoms. The van der Waals surface area contributed by atoms with E-state index in [-0.39, 0.29) is 6.61 Å². The average Bonchev–Trinajstić information content (AvgIpc) is 2.86. The number of carbonyl (C=O) groups is 3. The first-order chi connectivity index (χ1) is 18.9. The molecule has 2 rings (SSSR count). The highest BCUT2D eigenvalue weighted by Crippen LogP contribution is 2.36. The number of hydrogen-bond donors (Lipinski definition) is 0. The number of carbonyl (C=O) groups excluding carboxylic acids is 3. The molecule has 0 unspecified atom stereocenters. The minimum atomic E-state index is -1.08. The van der Waals surface area contributed by atoms with Crippen LogP contribution in [-0.4, -0.2) is 73.4 Å². The van der Waals surface area contributed by atoms with Crippen LogP contribution in [-0.2, 0) is 33.3 Å². The predicted octanol–water partition coefficient (Wildman–Crippen LogP) is 5.47. The van der Waals surface area contributed by atoms with Crippen molar-refractivity contribution in [1.29, 1.82) is 0 Å². The Balaban J connectivity index is 2.59. The zero-order valence-electron chi connectivity index (χ0n) is 26.3. The molecule has 0 radical (unpaired) electrons. The van der Waals surface area contributed by atoms with Crippen molar-refractivity contribution in [2.45, 2.75) is 99.0 Å². The zero-order chi connectivity index (χ0) is 31.2. The molecule has 0 amide bonds. The molecule has 1 aromatic carbocycles. The van der Waals surface area contributed by atoms with Crippen LogP contribution in [0.4, 0.5) is 0 Å². The average molecular weight is 594 g/mol. The van der Waals surface area contributed by atoms with Gasteiger partial charge >= 0.3 is 17.9 Å². The van der Waals surface area contributed by atoms with E-state index >= 15 is 0 Å². The topological polar surface area (TPSA) is 110 Å². The van der Waals surface area contributed by atoms with Crippen molar-refractivity contribution in [2.75, 3.05) is 19.5 Å². The number of nitrogens with zero attached hydrogens (tertiary/aromatic N) is 1. The first kappa shape index (κ1) is 34.6. The van der Waals surface area contributed by atoms with E-state index in [4.69, 9.17) is 28.7 Å². The largest absolute Gasteiger partial charge is 0.497 e. The first-order valence-corrected chi connectivity index (χ1v) is 15.0. The van der Waals surface area contributed by atoms with Crippen molar-refractivity contribution in [1.82, 2.24) is 0 Å². The molecule has 10 heteroatoms. The Morgan fingerprint density at radius 1 is 0.854 bits per heavy atom. The third kappa shape index (κ3) is 10.0. The van der Waals surface area contributed by atoms with E-state index in [1.165, 1.54) is 11.8 Å². The predicted molar refractivity (Wildman–Crippen MR) is 160 cm³/mol. The Kier molecular flexibility index (Phi) is 11.9. The maximum Gasteiger partial charge on any atom is 0.311 e. The Morgan fingerprint density at radius 2 is 1.37 bits per heavy atom. The summed E-state index contributed by atoms with van der Waals surface area (Å²) in [5.41, 5.74) is -2.19. The zero-order valence-corrected chi connectivity index (χ0v) is 27.1. The molecule has 41 heavy (non-hydrogen) atoms. The molecule has 0 saturated carbocycles. The highest BCUT2D eigenvalue weighted by molar-refractivity contribution is 7.99. The van der Waals surface area contributed by atoms with E-state index in [9.17, 15) is 14.4 Å². The minimum Gasteiger partial charge on any atom is -0.497 e. The molecule has 0 aromatic heterocycles. The lowest BCUT2D eigenvalue weighted by molar-refractivity contribution is -0.218. The molecule has 1 aromatic rings. The SMILES string of the molecule is CCS[C@@H]1O[C@H](COC(=O)C(C)(C)C)[C@@H](OC(=O)C(C)(C)C)[C@H](OC(=O)C(C)(C)C)[C@H]1N=Cc1ccc(OC)cc1. The lowest BCUT2D eigenvalue weighted by Gasteiger charge is -2.45. The van der Waals surface area contributed by atoms with Crippen LogP contribution >= 0.6 is 11.8 Å². The van der Waals surface area contributed by atoms with Crippen LogP contribution in [0.1, 0.15) is 74.8 Å². The van der Waals surface area contributed by atoms with Gasteiger partial charge < -0.3 is 23.7 Å². The molecule has 1 saturated heterocycles. The second-order valence-electron chi connectivity index (χ2n) is 13.1. The fourth-order valence-corrected chi connectivity index (χ4v) is 4.57. The minimum absolute atomic E-state index is 0.183. The monoisotopic (exact) mass is 593 g/mol. The van der Waals surface area contributed by atoms with E-state index in [1.807, 2.05) is 31.2 Å². The van der Waals surface area contributed by atoms with E-state index in [2.05, 4.69) is 0 Å². The van der Waals surface area contributed by atoms with Gasteiger partial charge in [-0.15, -0.1) is 11.8 Å². The Labute approximate surface area is 249 Å². The third-order valence-corrected chi connectivity index (χ3v) is 7.21. The number of esters is 3. The number of ether oxygens (including phenoxy) is 5. The summed E-state index contributed by atoms with van der Waals surface area (Å²) in [5.74, 6) is -0.0166. The van der Waals surface area contributed by atoms with Gasteiger partial charge in [0.05, 0.1) is 23.4 Å². The molecular weight excluding hydrogens is 546 g/mol. The summed E-state index contributed by atoms with van der Waals surface area (Å²) >= 11 is 1.48. The maximum absolute atomic E-state index is 13.3. The van der Waals surface area contributed by atoms with Gasteiger partial charge in [0, 0.05) is 6.21 Å². The van der Waals surface area contributed by atoms with Crippen LogP contribution in [0.2, 0.25) is 0 Å². The lowest BCUT2D eigenvalue weighted by atomic mass is 9.93. The summed E-state index contributed by atoms with van der Waals surface area (Å²) in [4.78, 5) is 43.9. The van der Waals surface area contributed by atoms with Crippen molar-refractivity contribution in [2.24, 2.45) is 21.2 Å². The van der Waals surface area contributed by atoms with Crippen LogP contribution < -0.4 is 4.74 Å². The number of thioether (sulfide) groups is 1. The summed E-state index contributed by atoms with van der Waals surface area (Å²) in [6.45, 7) is 17.5. The molecule has 230 valence electrons. The summed E-state index contributed by atoms with van der Waals surface area (Å²) < 4.78 is 29.4. The number of rotatable bonds is 9. The van der Waals surface area contributed by atoms with Crippen molar-refractivity contribution < 1.29 is 38.1 Å². The fraction of sp³-hybridized carbons (Fsp3) is 0.677. The Bertz CT molecular complexity index is 1070. The van der Waals surface area contributed by atoms with Gasteiger partial charge in [-0.1, -0.05) is 6.92 Å². The lowest BCUT2D eigenvalue weighted by Crippen LogP contribution is -2.61. The highest BCUT2D eigenvalue weighted by atomic mass is 32.2. The van der Waals surface area contributed by atoms with Crippen LogP contribution in [0, 0.1) is 16.2 Å². The number of methoxy groups -OCH3 is 1. The molecule has 0 aliphatic carbocycles. The summed E-state index contributed by atoms with van der Waals surface area (Å²) in [7, 11) is 1.59. The van der Waals surface area contributed by atoms with Gasteiger partial charge in [0.2, 0.25) is 0 Å². The summed E-state index contributed by atoms with van der Waals surface area (Å²) in [5, 5.41) is 0. The van der Waals surface area contributed by atoms with Crippen molar-refractivity contribution in [3.8, 4) is 5.75 Å². The number of benzene rings is 1.